The van der Waals surface area contributed by atoms with Gasteiger partial charge >= 0.3 is 0 Å². The Labute approximate surface area is 109 Å². The normalized spacial score (nSPS) is 12.8. The Hall–Kier alpha value is -0.450. The van der Waals surface area contributed by atoms with E-state index in [-0.39, 0.29) is 0 Å². The molecule has 3 N–H and O–H groups in total. The molecule has 0 bridgehead atoms. The van der Waals surface area contributed by atoms with Crippen molar-refractivity contribution in [1.29, 1.82) is 0 Å². The van der Waals surface area contributed by atoms with Crippen molar-refractivity contribution in [3.63, 3.8) is 0 Å². The molecule has 1 unspecified atom stereocenters. The lowest BCUT2D eigenvalue weighted by molar-refractivity contribution is 0.423. The standard InChI is InChI=1S/C13H25N3S/c1-2-12(5-7-14)4-3-8-15-9-6-13-16-10-11-17-13/h10-12,15H,2-9,14H2,1H3. The summed E-state index contributed by atoms with van der Waals surface area (Å²) >= 11 is 1.74. The van der Waals surface area contributed by atoms with Crippen molar-refractivity contribution in [2.24, 2.45) is 11.7 Å². The van der Waals surface area contributed by atoms with Crippen molar-refractivity contribution in [2.45, 2.75) is 39.0 Å². The highest BCUT2D eigenvalue weighted by atomic mass is 32.1. The number of rotatable bonds is 10. The minimum absolute atomic E-state index is 0.820. The Kier molecular flexibility index (Phi) is 8.22. The molecule has 1 rings (SSSR count). The lowest BCUT2D eigenvalue weighted by atomic mass is 9.97. The summed E-state index contributed by atoms with van der Waals surface area (Å²) in [6, 6.07) is 0. The van der Waals surface area contributed by atoms with Gasteiger partial charge in [0.15, 0.2) is 0 Å². The van der Waals surface area contributed by atoms with E-state index in [1.54, 1.807) is 11.3 Å². The van der Waals surface area contributed by atoms with Gasteiger partial charge in [0.25, 0.3) is 0 Å². The average Bonchev–Trinajstić information content (AvgIpc) is 2.85. The van der Waals surface area contributed by atoms with Crippen molar-refractivity contribution in [3.8, 4) is 0 Å². The summed E-state index contributed by atoms with van der Waals surface area (Å²) in [5.41, 5.74) is 5.59. The van der Waals surface area contributed by atoms with Crippen molar-refractivity contribution in [3.05, 3.63) is 16.6 Å². The lowest BCUT2D eigenvalue weighted by Gasteiger charge is -2.13. The molecule has 0 radical (unpaired) electrons. The SMILES string of the molecule is CCC(CCN)CCCNCCc1nccs1. The Bertz CT molecular complexity index is 262. The monoisotopic (exact) mass is 255 g/mol. The molecule has 0 spiro atoms. The number of hydrogen-bond acceptors (Lipinski definition) is 4. The van der Waals surface area contributed by atoms with Gasteiger partial charge in [-0.15, -0.1) is 11.3 Å². The zero-order valence-electron chi connectivity index (χ0n) is 10.8. The van der Waals surface area contributed by atoms with E-state index in [1.807, 2.05) is 11.6 Å². The van der Waals surface area contributed by atoms with E-state index < -0.39 is 0 Å². The second-order valence-electron chi connectivity index (χ2n) is 4.42. The van der Waals surface area contributed by atoms with Crippen LogP contribution >= 0.6 is 11.3 Å². The smallest absolute Gasteiger partial charge is 0.0937 e. The third kappa shape index (κ3) is 6.76. The van der Waals surface area contributed by atoms with Gasteiger partial charge in [-0.1, -0.05) is 13.3 Å². The predicted octanol–water partition coefficient (Wildman–Crippen LogP) is 2.43. The number of aromatic nitrogens is 1. The van der Waals surface area contributed by atoms with Crippen molar-refractivity contribution >= 4 is 11.3 Å². The molecule has 0 saturated carbocycles. The second kappa shape index (κ2) is 9.57. The van der Waals surface area contributed by atoms with Gasteiger partial charge in [0, 0.05) is 24.5 Å². The Morgan fingerprint density at radius 2 is 2.29 bits per heavy atom. The van der Waals surface area contributed by atoms with Crippen LogP contribution in [-0.2, 0) is 6.42 Å². The van der Waals surface area contributed by atoms with Crippen molar-refractivity contribution in [1.82, 2.24) is 10.3 Å². The summed E-state index contributed by atoms with van der Waals surface area (Å²) in [5, 5.41) is 6.75. The van der Waals surface area contributed by atoms with Crippen LogP contribution in [0.5, 0.6) is 0 Å². The van der Waals surface area contributed by atoms with Crippen LogP contribution in [0.4, 0.5) is 0 Å². The molecule has 1 aromatic heterocycles. The highest BCUT2D eigenvalue weighted by Gasteiger charge is 2.04. The summed E-state index contributed by atoms with van der Waals surface area (Å²) in [7, 11) is 0. The Morgan fingerprint density at radius 3 is 2.94 bits per heavy atom. The summed E-state index contributed by atoms with van der Waals surface area (Å²) in [6.07, 6.45) is 7.93. The van der Waals surface area contributed by atoms with E-state index in [0.717, 1.165) is 32.0 Å². The summed E-state index contributed by atoms with van der Waals surface area (Å²) in [6.45, 7) is 5.25. The zero-order valence-corrected chi connectivity index (χ0v) is 11.6. The molecule has 17 heavy (non-hydrogen) atoms. The van der Waals surface area contributed by atoms with Crippen LogP contribution in [0.2, 0.25) is 0 Å². The van der Waals surface area contributed by atoms with E-state index in [9.17, 15) is 0 Å². The van der Waals surface area contributed by atoms with E-state index >= 15 is 0 Å². The van der Waals surface area contributed by atoms with Crippen molar-refractivity contribution < 1.29 is 0 Å². The molecule has 4 heteroatoms. The zero-order chi connectivity index (χ0) is 12.3. The molecule has 3 nitrogen and oxygen atoms in total. The van der Waals surface area contributed by atoms with E-state index in [2.05, 4.69) is 17.2 Å². The highest BCUT2D eigenvalue weighted by Crippen LogP contribution is 2.13. The molecule has 0 saturated heterocycles. The fourth-order valence-electron chi connectivity index (χ4n) is 2.00. The first-order chi connectivity index (χ1) is 8.36. The minimum atomic E-state index is 0.820. The largest absolute Gasteiger partial charge is 0.330 e. The number of nitrogens with one attached hydrogen (secondary N) is 1. The molecule has 1 heterocycles. The molecule has 0 amide bonds. The van der Waals surface area contributed by atoms with Gasteiger partial charge < -0.3 is 11.1 Å². The topological polar surface area (TPSA) is 50.9 Å². The molecular formula is C13H25N3S. The molecule has 0 aliphatic heterocycles. The second-order valence-corrected chi connectivity index (χ2v) is 5.40. The van der Waals surface area contributed by atoms with Gasteiger partial charge in [0.2, 0.25) is 0 Å². The van der Waals surface area contributed by atoms with Crippen LogP contribution in [0.3, 0.4) is 0 Å². The maximum Gasteiger partial charge on any atom is 0.0937 e. The maximum atomic E-state index is 5.59. The number of nitrogens with two attached hydrogens (primary N) is 1. The fourth-order valence-corrected chi connectivity index (χ4v) is 2.62. The molecule has 98 valence electrons. The van der Waals surface area contributed by atoms with Crippen LogP contribution in [0.15, 0.2) is 11.6 Å². The fraction of sp³-hybridized carbons (Fsp3) is 0.769. The van der Waals surface area contributed by atoms with E-state index in [1.165, 1.54) is 30.7 Å². The third-order valence-electron chi connectivity index (χ3n) is 3.12. The minimum Gasteiger partial charge on any atom is -0.330 e. The average molecular weight is 255 g/mol. The number of hydrogen-bond donors (Lipinski definition) is 2. The van der Waals surface area contributed by atoms with Gasteiger partial charge in [-0.25, -0.2) is 4.98 Å². The number of thiazole rings is 1. The van der Waals surface area contributed by atoms with Gasteiger partial charge in [-0.3, -0.25) is 0 Å². The Morgan fingerprint density at radius 1 is 1.41 bits per heavy atom. The third-order valence-corrected chi connectivity index (χ3v) is 3.96. The molecule has 1 aromatic rings. The van der Waals surface area contributed by atoms with Crippen LogP contribution in [0.1, 0.15) is 37.6 Å². The molecule has 1 atom stereocenters. The van der Waals surface area contributed by atoms with Crippen LogP contribution in [0, 0.1) is 5.92 Å². The molecule has 0 aliphatic carbocycles. The van der Waals surface area contributed by atoms with E-state index in [0.29, 0.717) is 0 Å². The van der Waals surface area contributed by atoms with Gasteiger partial charge in [-0.2, -0.15) is 0 Å². The maximum absolute atomic E-state index is 5.59. The molecular weight excluding hydrogens is 230 g/mol. The molecule has 0 fully saturated rings. The molecule has 0 aliphatic rings. The van der Waals surface area contributed by atoms with E-state index in [4.69, 9.17) is 5.73 Å². The summed E-state index contributed by atoms with van der Waals surface area (Å²) in [4.78, 5) is 4.26. The quantitative estimate of drug-likeness (QED) is 0.631. The van der Waals surface area contributed by atoms with Gasteiger partial charge in [-0.05, 0) is 38.3 Å². The van der Waals surface area contributed by atoms with Crippen LogP contribution in [0.25, 0.3) is 0 Å². The van der Waals surface area contributed by atoms with Crippen LogP contribution in [-0.4, -0.2) is 24.6 Å². The first-order valence-corrected chi connectivity index (χ1v) is 7.54. The van der Waals surface area contributed by atoms with Crippen LogP contribution < -0.4 is 11.1 Å². The first kappa shape index (κ1) is 14.6. The van der Waals surface area contributed by atoms with Gasteiger partial charge in [0.05, 0.1) is 5.01 Å². The highest BCUT2D eigenvalue weighted by molar-refractivity contribution is 7.09. The summed E-state index contributed by atoms with van der Waals surface area (Å²) < 4.78 is 0. The lowest BCUT2D eigenvalue weighted by Crippen LogP contribution is -2.19. The first-order valence-electron chi connectivity index (χ1n) is 6.66. The predicted molar refractivity (Wildman–Crippen MR) is 75.4 cm³/mol. The Balaban J connectivity index is 1.93. The van der Waals surface area contributed by atoms with Crippen molar-refractivity contribution in [2.75, 3.05) is 19.6 Å². The molecule has 0 aromatic carbocycles. The number of nitrogens with zero attached hydrogens (tertiary/aromatic N) is 1. The van der Waals surface area contributed by atoms with Gasteiger partial charge in [0.1, 0.15) is 0 Å². The summed E-state index contributed by atoms with van der Waals surface area (Å²) in [5.74, 6) is 0.820.